The fraction of sp³-hybridized carbons (Fsp3) is 0.957. The summed E-state index contributed by atoms with van der Waals surface area (Å²) in [4.78, 5) is 11.7. The first kappa shape index (κ1) is 29.4. The maximum Gasteiger partial charge on any atom is 0.161 e. The molecule has 0 aromatic heterocycles. The summed E-state index contributed by atoms with van der Waals surface area (Å²) in [5.41, 5.74) is 8.99. The average Bonchev–Trinajstić information content (AvgIpc) is 2.50. The van der Waals surface area contributed by atoms with Gasteiger partial charge >= 0.3 is 0 Å². The van der Waals surface area contributed by atoms with Crippen LogP contribution in [0.15, 0.2) is 0 Å². The minimum atomic E-state index is -1.37. The Morgan fingerprint density at radius 3 is 1.87 bits per heavy atom. The van der Waals surface area contributed by atoms with E-state index in [1.54, 1.807) is 6.92 Å². The van der Waals surface area contributed by atoms with E-state index in [9.17, 15) is 9.90 Å². The van der Waals surface area contributed by atoms with Crippen molar-refractivity contribution in [3.05, 3.63) is 0 Å². The first-order valence-electron chi connectivity index (χ1n) is 10.9. The van der Waals surface area contributed by atoms with Crippen molar-refractivity contribution in [3.63, 3.8) is 0 Å². The predicted octanol–water partition coefficient (Wildman–Crippen LogP) is 2.73. The van der Waals surface area contributed by atoms with Crippen LogP contribution >= 0.6 is 0 Å². The number of ketones is 1. The normalized spacial score (nSPS) is 19.7. The van der Waals surface area contributed by atoms with E-state index in [4.69, 9.17) is 20.9 Å². The third kappa shape index (κ3) is 9.71. The maximum absolute atomic E-state index is 11.7. The zero-order valence-corrected chi connectivity index (χ0v) is 21.4. The summed E-state index contributed by atoms with van der Waals surface area (Å²) < 4.78 is 12.1. The minimum Gasteiger partial charge on any atom is -0.382 e. The molecule has 0 saturated heterocycles. The monoisotopic (exact) mass is 431 g/mol. The molecule has 0 spiro atoms. The lowest BCUT2D eigenvalue weighted by Crippen LogP contribution is -2.64. The average molecular weight is 432 g/mol. The minimum absolute atomic E-state index is 0.248. The van der Waals surface area contributed by atoms with Gasteiger partial charge in [0.1, 0.15) is 11.3 Å². The highest BCUT2D eigenvalue weighted by Gasteiger charge is 2.40. The van der Waals surface area contributed by atoms with Gasteiger partial charge in [0.15, 0.2) is 5.78 Å². The molecule has 0 radical (unpaired) electrons. The molecule has 0 aliphatic rings. The predicted molar refractivity (Wildman–Crippen MR) is 123 cm³/mol. The van der Waals surface area contributed by atoms with Crippen LogP contribution in [0.4, 0.5) is 0 Å². The van der Waals surface area contributed by atoms with E-state index in [1.807, 2.05) is 48.6 Å². The number of likely N-dealkylation sites (N-methyl/N-ethyl adjacent to an activating group) is 1. The van der Waals surface area contributed by atoms with E-state index < -0.39 is 22.5 Å². The van der Waals surface area contributed by atoms with Gasteiger partial charge < -0.3 is 31.4 Å². The van der Waals surface area contributed by atoms with E-state index in [0.29, 0.717) is 32.5 Å². The lowest BCUT2D eigenvalue weighted by Gasteiger charge is -2.43. The van der Waals surface area contributed by atoms with Gasteiger partial charge in [-0.1, -0.05) is 13.8 Å². The van der Waals surface area contributed by atoms with E-state index in [2.05, 4.69) is 19.2 Å². The summed E-state index contributed by atoms with van der Waals surface area (Å²) >= 11 is 0. The van der Waals surface area contributed by atoms with E-state index in [0.717, 1.165) is 0 Å². The van der Waals surface area contributed by atoms with Crippen LogP contribution in [-0.4, -0.2) is 59.2 Å². The number of aliphatic hydroxyl groups is 1. The molecular formula is C23H49N3O4. The zero-order chi connectivity index (χ0) is 24.2. The molecule has 3 unspecified atom stereocenters. The van der Waals surface area contributed by atoms with Crippen LogP contribution in [0, 0.1) is 5.41 Å². The van der Waals surface area contributed by atoms with Gasteiger partial charge in [0.2, 0.25) is 0 Å². The van der Waals surface area contributed by atoms with Crippen LogP contribution in [0.3, 0.4) is 0 Å². The highest BCUT2D eigenvalue weighted by atomic mass is 16.5. The van der Waals surface area contributed by atoms with Crippen molar-refractivity contribution in [1.82, 2.24) is 5.32 Å². The molecule has 0 aromatic carbocycles. The SMILES string of the molecule is CNC(C)(C)C(C)(N)COC(C)(C)CCOC(C)(N)CC(C)(C)CC(C)(O)C(C)=O. The molecule has 0 fully saturated rings. The second kappa shape index (κ2) is 9.92. The van der Waals surface area contributed by atoms with E-state index in [-0.39, 0.29) is 16.7 Å². The summed E-state index contributed by atoms with van der Waals surface area (Å²) in [6, 6.07) is 0. The highest BCUT2D eigenvalue weighted by Crippen LogP contribution is 2.36. The maximum atomic E-state index is 11.7. The lowest BCUT2D eigenvalue weighted by atomic mass is 9.75. The number of hydrogen-bond acceptors (Lipinski definition) is 7. The van der Waals surface area contributed by atoms with Gasteiger partial charge in [0.05, 0.1) is 24.4 Å². The molecule has 0 aliphatic carbocycles. The van der Waals surface area contributed by atoms with Crippen molar-refractivity contribution >= 4 is 5.78 Å². The third-order valence-electron chi connectivity index (χ3n) is 6.36. The van der Waals surface area contributed by atoms with Crippen LogP contribution in [-0.2, 0) is 14.3 Å². The first-order valence-corrected chi connectivity index (χ1v) is 10.9. The molecule has 180 valence electrons. The molecule has 0 amide bonds. The molecule has 0 heterocycles. The summed E-state index contributed by atoms with van der Waals surface area (Å²) in [5.74, 6) is -0.248. The Labute approximate surface area is 184 Å². The molecule has 0 aliphatic heterocycles. The Morgan fingerprint density at radius 2 is 1.43 bits per heavy atom. The van der Waals surface area contributed by atoms with Gasteiger partial charge in [-0.3, -0.25) is 4.79 Å². The Bertz CT molecular complexity index is 567. The van der Waals surface area contributed by atoms with Gasteiger partial charge in [-0.15, -0.1) is 0 Å². The van der Waals surface area contributed by atoms with Crippen LogP contribution in [0.5, 0.6) is 0 Å². The highest BCUT2D eigenvalue weighted by molar-refractivity contribution is 5.84. The van der Waals surface area contributed by atoms with Crippen molar-refractivity contribution in [2.24, 2.45) is 16.9 Å². The van der Waals surface area contributed by atoms with Crippen LogP contribution < -0.4 is 16.8 Å². The van der Waals surface area contributed by atoms with Gasteiger partial charge in [-0.2, -0.15) is 0 Å². The number of nitrogens with two attached hydrogens (primary N) is 2. The first-order chi connectivity index (χ1) is 13.1. The van der Waals surface area contributed by atoms with Crippen molar-refractivity contribution in [2.75, 3.05) is 20.3 Å². The Morgan fingerprint density at radius 1 is 0.933 bits per heavy atom. The molecule has 7 heteroatoms. The summed E-state index contributed by atoms with van der Waals surface area (Å²) in [7, 11) is 1.89. The Hall–Kier alpha value is -0.570. The second-order valence-electron chi connectivity index (χ2n) is 11.6. The fourth-order valence-electron chi connectivity index (χ4n) is 3.53. The fourth-order valence-corrected chi connectivity index (χ4v) is 3.53. The largest absolute Gasteiger partial charge is 0.382 e. The molecule has 0 aromatic rings. The number of rotatable bonds is 14. The summed E-state index contributed by atoms with van der Waals surface area (Å²) in [6.45, 7) is 19.7. The third-order valence-corrected chi connectivity index (χ3v) is 6.36. The molecule has 6 N–H and O–H groups in total. The quantitative estimate of drug-likeness (QED) is 0.312. The number of carbonyl (C=O) groups excluding carboxylic acids is 1. The number of hydrogen-bond donors (Lipinski definition) is 4. The molecule has 0 bridgehead atoms. The molecule has 3 atom stereocenters. The van der Waals surface area contributed by atoms with Crippen molar-refractivity contribution in [1.29, 1.82) is 0 Å². The molecule has 0 rings (SSSR count). The van der Waals surface area contributed by atoms with Crippen molar-refractivity contribution in [3.8, 4) is 0 Å². The molecular weight excluding hydrogens is 382 g/mol. The van der Waals surface area contributed by atoms with Gasteiger partial charge in [0.25, 0.3) is 0 Å². The van der Waals surface area contributed by atoms with E-state index in [1.165, 1.54) is 6.92 Å². The summed E-state index contributed by atoms with van der Waals surface area (Å²) in [5, 5.41) is 13.6. The molecule has 30 heavy (non-hydrogen) atoms. The Kier molecular flexibility index (Phi) is 9.73. The van der Waals surface area contributed by atoms with Gasteiger partial charge in [-0.25, -0.2) is 0 Å². The van der Waals surface area contributed by atoms with Gasteiger partial charge in [0, 0.05) is 5.54 Å². The van der Waals surface area contributed by atoms with Crippen LogP contribution in [0.25, 0.3) is 0 Å². The topological polar surface area (TPSA) is 120 Å². The van der Waals surface area contributed by atoms with Crippen molar-refractivity contribution < 1.29 is 19.4 Å². The van der Waals surface area contributed by atoms with Crippen LogP contribution in [0.2, 0.25) is 0 Å². The Balaban J connectivity index is 4.75. The number of nitrogens with one attached hydrogen (secondary N) is 1. The number of Topliss-reactive ketones (excluding diaryl/α,β-unsaturated/α-hetero) is 1. The smallest absolute Gasteiger partial charge is 0.161 e. The molecule has 7 nitrogen and oxygen atoms in total. The van der Waals surface area contributed by atoms with Crippen LogP contribution in [0.1, 0.15) is 88.5 Å². The number of carbonyl (C=O) groups is 1. The van der Waals surface area contributed by atoms with Gasteiger partial charge in [-0.05, 0) is 87.1 Å². The second-order valence-corrected chi connectivity index (χ2v) is 11.6. The summed E-state index contributed by atoms with van der Waals surface area (Å²) in [6.07, 6.45) is 1.47. The standard InChI is InChI=1S/C23H49N3O4/c1-17(27)21(8,28)14-18(2,3)15-23(10,25)29-13-12-19(4,5)30-16-22(9,24)20(6,7)26-11/h26,28H,12-16,24-25H2,1-11H3. The molecule has 0 saturated carbocycles. The number of ether oxygens (including phenoxy) is 2. The zero-order valence-electron chi connectivity index (χ0n) is 21.4. The van der Waals surface area contributed by atoms with Crippen molar-refractivity contribution in [2.45, 2.75) is 117 Å². The lowest BCUT2D eigenvalue weighted by molar-refractivity contribution is -0.139. The van der Waals surface area contributed by atoms with E-state index >= 15 is 0 Å².